The Labute approximate surface area is 159 Å². The Balaban J connectivity index is 2.29. The number of carbonyl (C=O) groups excluding carboxylic acids is 1. The first-order valence-electron chi connectivity index (χ1n) is 8.96. The predicted octanol–water partition coefficient (Wildman–Crippen LogP) is 3.09. The molecule has 1 saturated heterocycles. The smallest absolute Gasteiger partial charge is 0.225 e. The number of methoxy groups -OCH3 is 1. The lowest BCUT2D eigenvalue weighted by atomic mass is 10.1. The number of ether oxygens (including phenoxy) is 1. The molecule has 0 aliphatic carbocycles. The van der Waals surface area contributed by atoms with Gasteiger partial charge in [-0.05, 0) is 24.4 Å². The summed E-state index contributed by atoms with van der Waals surface area (Å²) in [4.78, 5) is 23.7. The molecule has 9 nitrogen and oxygen atoms in total. The number of pyridine rings is 1. The first kappa shape index (κ1) is 20.5. The third-order valence-electron chi connectivity index (χ3n) is 4.60. The largest absolute Gasteiger partial charge is 0.384 e. The Morgan fingerprint density at radius 2 is 2.30 bits per heavy atom. The maximum atomic E-state index is 12.3. The van der Waals surface area contributed by atoms with Crippen molar-refractivity contribution in [3.8, 4) is 6.07 Å². The Morgan fingerprint density at radius 3 is 2.85 bits per heavy atom. The summed E-state index contributed by atoms with van der Waals surface area (Å²) >= 11 is 0. The predicted molar refractivity (Wildman–Crippen MR) is 102 cm³/mol. The zero-order valence-corrected chi connectivity index (χ0v) is 16.2. The molecule has 1 atom stereocenters. The van der Waals surface area contributed by atoms with E-state index in [0.29, 0.717) is 55.4 Å². The fourth-order valence-corrected chi connectivity index (χ4v) is 3.24. The molecule has 1 amide bonds. The summed E-state index contributed by atoms with van der Waals surface area (Å²) in [5.74, 6) is 0.694. The number of nitrogens with zero attached hydrogens (tertiary/aromatic N) is 7. The maximum absolute atomic E-state index is 12.3. The third-order valence-corrected chi connectivity index (χ3v) is 4.60. The van der Waals surface area contributed by atoms with E-state index in [1.165, 1.54) is 0 Å². The molecular formula is C18H25N7O2. The number of hydrogen-bond donors (Lipinski definition) is 0. The lowest BCUT2D eigenvalue weighted by Crippen LogP contribution is -2.54. The highest BCUT2D eigenvalue weighted by Crippen LogP contribution is 2.32. The summed E-state index contributed by atoms with van der Waals surface area (Å²) in [6.07, 6.45) is 0.362. The number of piperazine rings is 1. The van der Waals surface area contributed by atoms with Crippen molar-refractivity contribution in [3.05, 3.63) is 27.8 Å². The van der Waals surface area contributed by atoms with E-state index in [1.54, 1.807) is 13.2 Å². The standard InChI is InChI=1S/C18H25N7O2/c1-12(2)17-15(22-23-20)9-14(10-19)18(21-17)24-6-7-25(13(3)11-24)16(26)5-8-27-4/h9,12-13H,5-8,11H2,1-4H3/t13-/m1/s1. The van der Waals surface area contributed by atoms with Crippen molar-refractivity contribution < 1.29 is 9.53 Å². The second-order valence-corrected chi connectivity index (χ2v) is 6.84. The average molecular weight is 371 g/mol. The topological polar surface area (TPSA) is 118 Å². The van der Waals surface area contributed by atoms with Crippen LogP contribution >= 0.6 is 0 Å². The Bertz CT molecular complexity index is 781. The van der Waals surface area contributed by atoms with Crippen molar-refractivity contribution in [2.75, 3.05) is 38.3 Å². The van der Waals surface area contributed by atoms with Crippen molar-refractivity contribution in [3.63, 3.8) is 0 Å². The van der Waals surface area contributed by atoms with Gasteiger partial charge in [-0.2, -0.15) is 5.26 Å². The molecule has 0 N–H and O–H groups in total. The normalized spacial score (nSPS) is 16.8. The minimum absolute atomic E-state index is 0.00393. The lowest BCUT2D eigenvalue weighted by Gasteiger charge is -2.41. The van der Waals surface area contributed by atoms with Crippen molar-refractivity contribution in [1.29, 1.82) is 5.26 Å². The maximum Gasteiger partial charge on any atom is 0.225 e. The van der Waals surface area contributed by atoms with Gasteiger partial charge >= 0.3 is 0 Å². The number of rotatable bonds is 6. The van der Waals surface area contributed by atoms with E-state index in [1.807, 2.05) is 30.6 Å². The molecule has 2 heterocycles. The van der Waals surface area contributed by atoms with Crippen LogP contribution in [-0.4, -0.2) is 55.2 Å². The lowest BCUT2D eigenvalue weighted by molar-refractivity contribution is -0.134. The first-order chi connectivity index (χ1) is 12.9. The highest BCUT2D eigenvalue weighted by Gasteiger charge is 2.29. The molecule has 1 aliphatic rings. The molecule has 9 heteroatoms. The van der Waals surface area contributed by atoms with Crippen LogP contribution in [0, 0.1) is 11.3 Å². The van der Waals surface area contributed by atoms with Crippen LogP contribution in [0.15, 0.2) is 11.2 Å². The number of hydrogen-bond acceptors (Lipinski definition) is 6. The van der Waals surface area contributed by atoms with Gasteiger partial charge in [0.05, 0.1) is 30.0 Å². The first-order valence-corrected chi connectivity index (χ1v) is 8.96. The van der Waals surface area contributed by atoms with Gasteiger partial charge in [0.25, 0.3) is 0 Å². The van der Waals surface area contributed by atoms with Gasteiger partial charge in [-0.1, -0.05) is 19.0 Å². The number of azide groups is 1. The van der Waals surface area contributed by atoms with E-state index in [2.05, 4.69) is 21.1 Å². The Hall–Kier alpha value is -2.82. The molecule has 0 unspecified atom stereocenters. The van der Waals surface area contributed by atoms with Gasteiger partial charge < -0.3 is 14.5 Å². The van der Waals surface area contributed by atoms with Gasteiger partial charge in [0.15, 0.2) is 0 Å². The number of carbonyl (C=O) groups is 1. The summed E-state index contributed by atoms with van der Waals surface area (Å²) in [7, 11) is 1.58. The van der Waals surface area contributed by atoms with Crippen LogP contribution in [-0.2, 0) is 9.53 Å². The van der Waals surface area contributed by atoms with Crippen LogP contribution in [0.25, 0.3) is 10.4 Å². The van der Waals surface area contributed by atoms with Crippen LogP contribution in [0.2, 0.25) is 0 Å². The molecule has 2 rings (SSSR count). The molecule has 0 spiro atoms. The molecule has 1 fully saturated rings. The second-order valence-electron chi connectivity index (χ2n) is 6.84. The SMILES string of the molecule is COCCC(=O)N1CCN(c2nc(C(C)C)c(N=[N+]=[N-])cc2C#N)C[C@H]1C. The highest BCUT2D eigenvalue weighted by molar-refractivity contribution is 5.77. The molecule has 1 aliphatic heterocycles. The summed E-state index contributed by atoms with van der Waals surface area (Å²) in [5, 5.41) is 13.2. The van der Waals surface area contributed by atoms with Crippen molar-refractivity contribution in [2.45, 2.75) is 39.2 Å². The molecule has 0 bridgehead atoms. The van der Waals surface area contributed by atoms with Gasteiger partial charge in [-0.25, -0.2) is 4.98 Å². The van der Waals surface area contributed by atoms with Gasteiger partial charge in [-0.15, -0.1) is 0 Å². The molecule has 1 aromatic rings. The fraction of sp³-hybridized carbons (Fsp3) is 0.611. The number of aromatic nitrogens is 1. The molecule has 144 valence electrons. The Morgan fingerprint density at radius 1 is 1.56 bits per heavy atom. The number of amides is 1. The second kappa shape index (κ2) is 9.21. The van der Waals surface area contributed by atoms with E-state index < -0.39 is 0 Å². The summed E-state index contributed by atoms with van der Waals surface area (Å²) < 4.78 is 4.99. The van der Waals surface area contributed by atoms with E-state index in [0.717, 1.165) is 0 Å². The van der Waals surface area contributed by atoms with Gasteiger partial charge in [0, 0.05) is 37.7 Å². The van der Waals surface area contributed by atoms with Gasteiger partial charge in [0.2, 0.25) is 5.91 Å². The van der Waals surface area contributed by atoms with Gasteiger partial charge in [0.1, 0.15) is 11.9 Å². The average Bonchev–Trinajstić information content (AvgIpc) is 2.65. The third kappa shape index (κ3) is 4.67. The van der Waals surface area contributed by atoms with E-state index >= 15 is 0 Å². The van der Waals surface area contributed by atoms with E-state index in [-0.39, 0.29) is 17.9 Å². The minimum Gasteiger partial charge on any atom is -0.384 e. The molecule has 0 aromatic carbocycles. The van der Waals surface area contributed by atoms with Crippen LogP contribution in [0.1, 0.15) is 44.4 Å². The van der Waals surface area contributed by atoms with Gasteiger partial charge in [-0.3, -0.25) is 4.79 Å². The number of nitriles is 1. The van der Waals surface area contributed by atoms with E-state index in [9.17, 15) is 10.1 Å². The number of anilines is 1. The van der Waals surface area contributed by atoms with Crippen LogP contribution in [0.5, 0.6) is 0 Å². The summed E-state index contributed by atoms with van der Waals surface area (Å²) in [6, 6.07) is 3.74. The van der Waals surface area contributed by atoms with Crippen LogP contribution in [0.3, 0.4) is 0 Å². The van der Waals surface area contributed by atoms with Crippen molar-refractivity contribution in [1.82, 2.24) is 9.88 Å². The molecular weight excluding hydrogens is 346 g/mol. The fourth-order valence-electron chi connectivity index (χ4n) is 3.24. The van der Waals surface area contributed by atoms with Crippen molar-refractivity contribution >= 4 is 17.4 Å². The minimum atomic E-state index is -0.00393. The molecule has 0 saturated carbocycles. The summed E-state index contributed by atoms with van der Waals surface area (Å²) in [5.41, 5.74) is 10.2. The quantitative estimate of drug-likeness (QED) is 0.432. The molecule has 27 heavy (non-hydrogen) atoms. The van der Waals surface area contributed by atoms with Crippen LogP contribution in [0.4, 0.5) is 11.5 Å². The van der Waals surface area contributed by atoms with E-state index in [4.69, 9.17) is 10.3 Å². The Kier molecular flexibility index (Phi) is 6.99. The van der Waals surface area contributed by atoms with Crippen LogP contribution < -0.4 is 4.90 Å². The van der Waals surface area contributed by atoms with Crippen molar-refractivity contribution in [2.24, 2.45) is 5.11 Å². The zero-order valence-electron chi connectivity index (χ0n) is 16.2. The molecule has 1 aromatic heterocycles. The monoisotopic (exact) mass is 371 g/mol. The molecule has 0 radical (unpaired) electrons. The highest BCUT2D eigenvalue weighted by atomic mass is 16.5. The summed E-state index contributed by atoms with van der Waals surface area (Å²) in [6.45, 7) is 8.05. The zero-order chi connectivity index (χ0) is 20.0.